The predicted molar refractivity (Wildman–Crippen MR) is 129 cm³/mol. The molecule has 2 N–H and O–H groups in total. The lowest BCUT2D eigenvalue weighted by Crippen LogP contribution is -2.47. The average Bonchev–Trinajstić information content (AvgIpc) is 2.82. The number of carbonyl (C=O) groups excluding carboxylic acids is 2. The molecule has 4 rings (SSSR count). The molecular formula is C24H25FN6O3. The molecule has 2 heterocycles. The molecular weight excluding hydrogens is 439 g/mol. The highest BCUT2D eigenvalue weighted by atomic mass is 19.1. The van der Waals surface area contributed by atoms with E-state index >= 15 is 0 Å². The van der Waals surface area contributed by atoms with Crippen LogP contribution in [0.2, 0.25) is 0 Å². The van der Waals surface area contributed by atoms with Crippen molar-refractivity contribution in [3.63, 3.8) is 0 Å². The highest BCUT2D eigenvalue weighted by molar-refractivity contribution is 5.92. The predicted octanol–water partition coefficient (Wildman–Crippen LogP) is 2.31. The fraction of sp³-hybridized carbons (Fsp3) is 0.250. The van der Waals surface area contributed by atoms with Crippen molar-refractivity contribution in [2.75, 3.05) is 46.6 Å². The number of rotatable bonds is 6. The first-order chi connectivity index (χ1) is 16.4. The van der Waals surface area contributed by atoms with Crippen LogP contribution in [0.15, 0.2) is 65.5 Å². The van der Waals surface area contributed by atoms with Crippen LogP contribution in [0.4, 0.5) is 27.3 Å². The molecule has 0 atom stereocenters. The van der Waals surface area contributed by atoms with E-state index in [1.165, 1.54) is 25.1 Å². The number of amides is 2. The van der Waals surface area contributed by atoms with Crippen molar-refractivity contribution < 1.29 is 14.0 Å². The van der Waals surface area contributed by atoms with E-state index in [9.17, 15) is 18.8 Å². The van der Waals surface area contributed by atoms with Gasteiger partial charge < -0.3 is 20.4 Å². The molecule has 2 aromatic carbocycles. The van der Waals surface area contributed by atoms with Gasteiger partial charge in [-0.1, -0.05) is 0 Å². The van der Waals surface area contributed by atoms with Gasteiger partial charge >= 0.3 is 0 Å². The van der Waals surface area contributed by atoms with Crippen LogP contribution in [0.1, 0.15) is 6.92 Å². The van der Waals surface area contributed by atoms with Crippen LogP contribution in [0.3, 0.4) is 0 Å². The van der Waals surface area contributed by atoms with Crippen LogP contribution in [-0.4, -0.2) is 47.8 Å². The lowest BCUT2D eigenvalue weighted by atomic mass is 10.2. The number of nitrogens with one attached hydrogen (secondary N) is 2. The number of benzene rings is 2. The number of hydrogen-bond acceptors (Lipinski definition) is 6. The maximum atomic E-state index is 13.2. The SMILES string of the molecule is CC(=O)Nc1ccc(NC(=O)Cn2nc(N3CCN(c4ccc(F)cc4)CC3)ccc2=O)cc1. The molecule has 10 heteroatoms. The average molecular weight is 465 g/mol. The van der Waals surface area contributed by atoms with E-state index < -0.39 is 0 Å². The molecule has 3 aromatic rings. The molecule has 34 heavy (non-hydrogen) atoms. The summed E-state index contributed by atoms with van der Waals surface area (Å²) in [7, 11) is 0. The number of aromatic nitrogens is 2. The molecule has 1 aliphatic rings. The smallest absolute Gasteiger partial charge is 0.267 e. The summed E-state index contributed by atoms with van der Waals surface area (Å²) in [4.78, 5) is 40.1. The van der Waals surface area contributed by atoms with Gasteiger partial charge in [-0.05, 0) is 54.6 Å². The molecule has 0 spiro atoms. The fourth-order valence-corrected chi connectivity index (χ4v) is 3.74. The van der Waals surface area contributed by atoms with Crippen LogP contribution in [0.5, 0.6) is 0 Å². The molecule has 0 aliphatic carbocycles. The summed E-state index contributed by atoms with van der Waals surface area (Å²) in [6, 6.07) is 16.2. The topological polar surface area (TPSA) is 99.6 Å². The second kappa shape index (κ2) is 10.2. The van der Waals surface area contributed by atoms with Crippen molar-refractivity contribution in [2.24, 2.45) is 0 Å². The minimum Gasteiger partial charge on any atom is -0.368 e. The molecule has 2 amide bonds. The third-order valence-corrected chi connectivity index (χ3v) is 5.43. The highest BCUT2D eigenvalue weighted by Gasteiger charge is 2.19. The monoisotopic (exact) mass is 464 g/mol. The zero-order valence-electron chi connectivity index (χ0n) is 18.7. The van der Waals surface area contributed by atoms with Crippen LogP contribution >= 0.6 is 0 Å². The molecule has 0 bridgehead atoms. The van der Waals surface area contributed by atoms with Crippen LogP contribution in [0, 0.1) is 5.82 Å². The van der Waals surface area contributed by atoms with Gasteiger partial charge in [-0.3, -0.25) is 14.4 Å². The van der Waals surface area contributed by atoms with E-state index in [0.29, 0.717) is 30.3 Å². The van der Waals surface area contributed by atoms with Crippen molar-refractivity contribution in [3.8, 4) is 0 Å². The molecule has 0 saturated carbocycles. The van der Waals surface area contributed by atoms with Gasteiger partial charge in [-0.15, -0.1) is 0 Å². The molecule has 1 saturated heterocycles. The van der Waals surface area contributed by atoms with Crippen molar-refractivity contribution >= 4 is 34.7 Å². The van der Waals surface area contributed by atoms with Crippen molar-refractivity contribution in [3.05, 3.63) is 76.8 Å². The summed E-state index contributed by atoms with van der Waals surface area (Å²) in [5, 5.41) is 9.77. The quantitative estimate of drug-likeness (QED) is 0.581. The number of piperazine rings is 1. The lowest BCUT2D eigenvalue weighted by Gasteiger charge is -2.36. The summed E-state index contributed by atoms with van der Waals surface area (Å²) in [5.74, 6) is -0.218. The van der Waals surface area contributed by atoms with Crippen molar-refractivity contribution in [1.82, 2.24) is 9.78 Å². The summed E-state index contributed by atoms with van der Waals surface area (Å²) in [5.41, 5.74) is 1.75. The molecule has 0 radical (unpaired) electrons. The zero-order chi connectivity index (χ0) is 24.1. The fourth-order valence-electron chi connectivity index (χ4n) is 3.74. The normalized spacial score (nSPS) is 13.5. The van der Waals surface area contributed by atoms with E-state index in [-0.39, 0.29) is 29.7 Å². The minimum absolute atomic E-state index is 0.181. The van der Waals surface area contributed by atoms with Gasteiger partial charge in [-0.2, -0.15) is 5.10 Å². The second-order valence-corrected chi connectivity index (χ2v) is 7.94. The Morgan fingerprint density at radius 1 is 0.853 bits per heavy atom. The zero-order valence-corrected chi connectivity index (χ0v) is 18.7. The van der Waals surface area contributed by atoms with E-state index in [0.717, 1.165) is 23.5 Å². The molecule has 1 fully saturated rings. The van der Waals surface area contributed by atoms with Crippen LogP contribution in [0.25, 0.3) is 0 Å². The van der Waals surface area contributed by atoms with Gasteiger partial charge in [0.1, 0.15) is 18.2 Å². The number of nitrogens with zero attached hydrogens (tertiary/aromatic N) is 4. The Kier molecular flexibility index (Phi) is 6.86. The Bertz CT molecular complexity index is 1220. The standard InChI is InChI=1S/C24H25FN6O3/c1-17(32)26-19-4-6-20(7-5-19)27-23(33)16-31-24(34)11-10-22(28-31)30-14-12-29(13-15-30)21-8-2-18(25)3-9-21/h2-11H,12-16H2,1H3,(H,26,32)(H,27,33). The third-order valence-electron chi connectivity index (χ3n) is 5.43. The minimum atomic E-state index is -0.389. The molecule has 9 nitrogen and oxygen atoms in total. The Morgan fingerprint density at radius 3 is 2.06 bits per heavy atom. The van der Waals surface area contributed by atoms with Gasteiger partial charge in [0, 0.05) is 56.2 Å². The first-order valence-corrected chi connectivity index (χ1v) is 10.9. The summed E-state index contributed by atoms with van der Waals surface area (Å²) < 4.78 is 14.3. The molecule has 176 valence electrons. The lowest BCUT2D eigenvalue weighted by molar-refractivity contribution is -0.117. The largest absolute Gasteiger partial charge is 0.368 e. The summed E-state index contributed by atoms with van der Waals surface area (Å²) in [6.45, 7) is 3.99. The maximum absolute atomic E-state index is 13.2. The summed E-state index contributed by atoms with van der Waals surface area (Å²) in [6.07, 6.45) is 0. The number of hydrogen-bond donors (Lipinski definition) is 2. The van der Waals surface area contributed by atoms with Crippen molar-refractivity contribution in [2.45, 2.75) is 13.5 Å². The number of halogens is 1. The Morgan fingerprint density at radius 2 is 1.44 bits per heavy atom. The van der Waals surface area contributed by atoms with Crippen molar-refractivity contribution in [1.29, 1.82) is 0 Å². The number of anilines is 4. The van der Waals surface area contributed by atoms with Gasteiger partial charge in [0.2, 0.25) is 11.8 Å². The molecule has 1 aliphatic heterocycles. The van der Waals surface area contributed by atoms with E-state index in [2.05, 4.69) is 25.5 Å². The van der Waals surface area contributed by atoms with Crippen LogP contribution < -0.4 is 26.0 Å². The van der Waals surface area contributed by atoms with E-state index in [1.807, 2.05) is 0 Å². The molecule has 0 unspecified atom stereocenters. The Labute approximate surface area is 195 Å². The third kappa shape index (κ3) is 5.77. The Balaban J connectivity index is 1.36. The maximum Gasteiger partial charge on any atom is 0.267 e. The van der Waals surface area contributed by atoms with Gasteiger partial charge in [0.25, 0.3) is 5.56 Å². The van der Waals surface area contributed by atoms with Gasteiger partial charge in [-0.25, -0.2) is 9.07 Å². The first kappa shape index (κ1) is 23.0. The van der Waals surface area contributed by atoms with Crippen LogP contribution in [-0.2, 0) is 16.1 Å². The van der Waals surface area contributed by atoms with E-state index in [4.69, 9.17) is 0 Å². The highest BCUT2D eigenvalue weighted by Crippen LogP contribution is 2.19. The van der Waals surface area contributed by atoms with E-state index in [1.54, 1.807) is 42.5 Å². The second-order valence-electron chi connectivity index (χ2n) is 7.94. The first-order valence-electron chi connectivity index (χ1n) is 10.9. The summed E-state index contributed by atoms with van der Waals surface area (Å²) >= 11 is 0. The number of carbonyl (C=O) groups is 2. The Hall–Kier alpha value is -4.21. The van der Waals surface area contributed by atoms with Gasteiger partial charge in [0.15, 0.2) is 0 Å². The molecule has 1 aromatic heterocycles. The van der Waals surface area contributed by atoms with Gasteiger partial charge in [0.05, 0.1) is 0 Å².